The highest BCUT2D eigenvalue weighted by molar-refractivity contribution is 5.86. The summed E-state index contributed by atoms with van der Waals surface area (Å²) in [7, 11) is 0. The molecule has 0 radical (unpaired) electrons. The van der Waals surface area contributed by atoms with Crippen LogP contribution in [-0.2, 0) is 0 Å². The second-order valence-corrected chi connectivity index (χ2v) is 1.51. The molecule has 0 aliphatic rings. The Morgan fingerprint density at radius 3 is 3.10 bits per heavy atom. The summed E-state index contributed by atoms with van der Waals surface area (Å²) >= 11 is 0. The number of aromatic nitrogens is 1. The third-order valence-electron chi connectivity index (χ3n) is 0.867. The van der Waals surface area contributed by atoms with Gasteiger partial charge in [0.1, 0.15) is 5.56 Å². The number of aromatic carboxylic acids is 1. The fourth-order valence-corrected chi connectivity index (χ4v) is 0.452. The van der Waals surface area contributed by atoms with Crippen molar-refractivity contribution in [1.82, 2.24) is 4.98 Å². The van der Waals surface area contributed by atoms with Crippen LogP contribution in [0.4, 0.5) is 0 Å². The van der Waals surface area contributed by atoms with Gasteiger partial charge in [0.05, 0.1) is 4.11 Å². The van der Waals surface area contributed by atoms with Gasteiger partial charge in [-0.2, -0.15) is 0 Å². The number of hydrogen-bond acceptors (Lipinski definition) is 2. The Morgan fingerprint density at radius 1 is 1.80 bits per heavy atom. The highest BCUT2D eigenvalue weighted by Gasteiger charge is 2.04. The molecule has 0 spiro atoms. The number of hydrogen-bond donors (Lipinski definition) is 2. The number of carbonyl (C=O) groups is 1. The molecule has 0 atom stereocenters. The zero-order valence-corrected chi connectivity index (χ0v) is 4.76. The Labute approximate surface area is 60.3 Å². The van der Waals surface area contributed by atoms with E-state index in [4.69, 9.17) is 9.22 Å². The highest BCUT2D eigenvalue weighted by atomic mass is 16.4. The molecule has 52 valence electrons. The van der Waals surface area contributed by atoms with Crippen molar-refractivity contribution in [3.63, 3.8) is 0 Å². The Bertz CT molecular complexity index is 426. The largest absolute Gasteiger partial charge is 0.477 e. The maximum atomic E-state index is 10.9. The van der Waals surface area contributed by atoms with E-state index >= 15 is 0 Å². The normalized spacial score (nSPS) is 13.4. The molecule has 0 aliphatic heterocycles. The van der Waals surface area contributed by atoms with Crippen LogP contribution in [0.2, 0.25) is 0 Å². The molecule has 0 fully saturated rings. The van der Waals surface area contributed by atoms with Crippen molar-refractivity contribution in [2.45, 2.75) is 0 Å². The van der Waals surface area contributed by atoms with E-state index in [9.17, 15) is 9.59 Å². The quantitative estimate of drug-likeness (QED) is 0.583. The van der Waals surface area contributed by atoms with Gasteiger partial charge in [-0.05, 0) is 12.1 Å². The molecule has 0 aromatic carbocycles. The molecule has 0 saturated heterocycles. The fraction of sp³-hybridized carbons (Fsp3) is 0. The zero-order valence-electron chi connectivity index (χ0n) is 7.76. The molecule has 1 aromatic rings. The molecule has 4 heteroatoms. The number of pyridine rings is 1. The van der Waals surface area contributed by atoms with Crippen LogP contribution in [0.3, 0.4) is 0 Å². The van der Waals surface area contributed by atoms with Crippen LogP contribution in [0.25, 0.3) is 0 Å². The summed E-state index contributed by atoms with van der Waals surface area (Å²) in [6, 6.07) is -1.33. The van der Waals surface area contributed by atoms with E-state index in [2.05, 4.69) is 0 Å². The maximum absolute atomic E-state index is 10.9. The van der Waals surface area contributed by atoms with Crippen LogP contribution in [-0.4, -0.2) is 16.1 Å². The molecule has 1 aromatic heterocycles. The first-order valence-electron chi connectivity index (χ1n) is 3.88. The van der Waals surface area contributed by atoms with Gasteiger partial charge in [-0.1, -0.05) is 0 Å². The van der Waals surface area contributed by atoms with Gasteiger partial charge in [0, 0.05) is 6.17 Å². The minimum atomic E-state index is -1.57. The summed E-state index contributed by atoms with van der Waals surface area (Å²) in [5, 5.41) is 8.48. The van der Waals surface area contributed by atoms with E-state index in [0.29, 0.717) is 0 Å². The van der Waals surface area contributed by atoms with Crippen LogP contribution >= 0.6 is 0 Å². The standard InChI is InChI=1S/C6H5NO3/c8-5-4(6(9)10)2-1-3-7-5/h1-3H,(H,7,8)(H,9,10)/i1D,2D,3D. The van der Waals surface area contributed by atoms with Crippen LogP contribution in [0.15, 0.2) is 23.1 Å². The molecular weight excluding hydrogens is 134 g/mol. The molecule has 0 aliphatic carbocycles. The van der Waals surface area contributed by atoms with Crippen molar-refractivity contribution in [2.24, 2.45) is 0 Å². The Kier molecular flexibility index (Phi) is 0.834. The number of carboxylic acids is 1. The average Bonchev–Trinajstić information content (AvgIpc) is 1.99. The second kappa shape index (κ2) is 2.34. The van der Waals surface area contributed by atoms with E-state index in [-0.39, 0.29) is 0 Å². The SMILES string of the molecule is [2H]c1[nH]c(=O)c(C(=O)O)c([2H])c1[2H]. The zero-order chi connectivity index (χ0) is 10.2. The number of aromatic amines is 1. The molecule has 4 nitrogen and oxygen atoms in total. The summed E-state index contributed by atoms with van der Waals surface area (Å²) in [5.74, 6) is -1.57. The Balaban J connectivity index is 3.63. The van der Waals surface area contributed by atoms with Gasteiger partial charge in [-0.15, -0.1) is 0 Å². The summed E-state index contributed by atoms with van der Waals surface area (Å²) < 4.78 is 21.1. The number of rotatable bonds is 1. The van der Waals surface area contributed by atoms with Gasteiger partial charge < -0.3 is 10.1 Å². The average molecular weight is 142 g/mol. The van der Waals surface area contributed by atoms with E-state index in [1.54, 1.807) is 0 Å². The van der Waals surface area contributed by atoms with Crippen molar-refractivity contribution in [3.05, 3.63) is 34.2 Å². The van der Waals surface area contributed by atoms with Gasteiger partial charge in [-0.25, -0.2) is 4.79 Å². The first-order chi connectivity index (χ1) is 5.95. The van der Waals surface area contributed by atoms with Crippen molar-refractivity contribution in [2.75, 3.05) is 0 Å². The first kappa shape index (κ1) is 3.55. The molecular formula is C6H5NO3. The summed E-state index contributed by atoms with van der Waals surface area (Å²) in [4.78, 5) is 23.2. The molecule has 10 heavy (non-hydrogen) atoms. The topological polar surface area (TPSA) is 70.2 Å². The third-order valence-corrected chi connectivity index (χ3v) is 0.867. The molecule has 0 bridgehead atoms. The van der Waals surface area contributed by atoms with Gasteiger partial charge in [-0.3, -0.25) is 4.79 Å². The van der Waals surface area contributed by atoms with E-state index < -0.39 is 35.3 Å². The smallest absolute Gasteiger partial charge is 0.341 e. The summed E-state index contributed by atoms with van der Waals surface area (Å²) in [5.41, 5.74) is -1.83. The Morgan fingerprint density at radius 2 is 2.50 bits per heavy atom. The van der Waals surface area contributed by atoms with Gasteiger partial charge >= 0.3 is 5.97 Å². The van der Waals surface area contributed by atoms with E-state index in [0.717, 1.165) is 0 Å². The van der Waals surface area contributed by atoms with Crippen LogP contribution < -0.4 is 5.56 Å². The second-order valence-electron chi connectivity index (χ2n) is 1.51. The molecule has 2 N–H and O–H groups in total. The fourth-order valence-electron chi connectivity index (χ4n) is 0.452. The molecule has 1 rings (SSSR count). The number of H-pyrrole nitrogens is 1. The van der Waals surface area contributed by atoms with Crippen molar-refractivity contribution in [1.29, 1.82) is 0 Å². The molecule has 0 saturated carbocycles. The van der Waals surface area contributed by atoms with Crippen molar-refractivity contribution in [3.8, 4) is 0 Å². The van der Waals surface area contributed by atoms with Gasteiger partial charge in [0.2, 0.25) is 0 Å². The lowest BCUT2D eigenvalue weighted by Gasteiger charge is -1.88. The monoisotopic (exact) mass is 142 g/mol. The minimum Gasteiger partial charge on any atom is -0.477 e. The maximum Gasteiger partial charge on any atom is 0.341 e. The lowest BCUT2D eigenvalue weighted by molar-refractivity contribution is 0.0695. The predicted octanol–water partition coefficient (Wildman–Crippen LogP) is 0.0731. The van der Waals surface area contributed by atoms with Crippen LogP contribution in [0, 0.1) is 0 Å². The van der Waals surface area contributed by atoms with E-state index in [1.165, 1.54) is 0 Å². The van der Waals surface area contributed by atoms with Crippen molar-refractivity contribution < 1.29 is 14.0 Å². The predicted molar refractivity (Wildman–Crippen MR) is 34.0 cm³/mol. The summed E-state index contributed by atoms with van der Waals surface area (Å²) in [6.45, 7) is 0. The highest BCUT2D eigenvalue weighted by Crippen LogP contribution is 1.86. The van der Waals surface area contributed by atoms with E-state index in [1.807, 2.05) is 4.98 Å². The molecule has 0 amide bonds. The number of nitrogens with one attached hydrogen (secondary N) is 1. The first-order valence-corrected chi connectivity index (χ1v) is 2.38. The van der Waals surface area contributed by atoms with Gasteiger partial charge in [0.15, 0.2) is 0 Å². The summed E-state index contributed by atoms with van der Waals surface area (Å²) in [6.07, 6.45) is -0.556. The van der Waals surface area contributed by atoms with Crippen LogP contribution in [0.1, 0.15) is 14.5 Å². The number of carboxylic acid groups (broad SMARTS) is 1. The van der Waals surface area contributed by atoms with Gasteiger partial charge in [0.25, 0.3) is 5.56 Å². The molecule has 0 unspecified atom stereocenters. The lowest BCUT2D eigenvalue weighted by atomic mass is 10.3. The molecule has 1 heterocycles. The van der Waals surface area contributed by atoms with Crippen molar-refractivity contribution >= 4 is 5.97 Å². The Hall–Kier alpha value is -1.58. The third kappa shape index (κ3) is 1.05. The van der Waals surface area contributed by atoms with Crippen LogP contribution in [0.5, 0.6) is 0 Å². The minimum absolute atomic E-state index is 0.556. The lowest BCUT2D eigenvalue weighted by Crippen LogP contribution is -2.15.